The summed E-state index contributed by atoms with van der Waals surface area (Å²) in [5.74, 6) is 0. The van der Waals surface area contributed by atoms with Crippen molar-refractivity contribution >= 4 is 10.2 Å². The maximum Gasteiger partial charge on any atom is 0.282 e. The molecule has 17 heavy (non-hydrogen) atoms. The number of hydrogen-bond acceptors (Lipinski definition) is 3. The quantitative estimate of drug-likeness (QED) is 0.808. The number of aliphatic hydroxyl groups excluding tert-OH is 1. The largest absolute Gasteiger partial charge is 0.392 e. The molecule has 0 spiro atoms. The lowest BCUT2D eigenvalue weighted by Crippen LogP contribution is -2.46. The smallest absolute Gasteiger partial charge is 0.282 e. The second-order valence-electron chi connectivity index (χ2n) is 5.12. The van der Waals surface area contributed by atoms with Crippen LogP contribution in [0.5, 0.6) is 0 Å². The van der Waals surface area contributed by atoms with Crippen molar-refractivity contribution in [2.75, 3.05) is 20.1 Å². The van der Waals surface area contributed by atoms with Gasteiger partial charge in [0.25, 0.3) is 10.2 Å². The molecule has 0 aromatic rings. The molecule has 1 saturated carbocycles. The molecule has 5 nitrogen and oxygen atoms in total. The highest BCUT2D eigenvalue weighted by Crippen LogP contribution is 2.26. The van der Waals surface area contributed by atoms with E-state index < -0.39 is 16.3 Å². The second-order valence-corrected chi connectivity index (χ2v) is 7.10. The summed E-state index contributed by atoms with van der Waals surface area (Å²) in [6.07, 6.45) is 5.44. The first-order chi connectivity index (χ1) is 8.01. The van der Waals surface area contributed by atoms with Gasteiger partial charge >= 0.3 is 0 Å². The van der Waals surface area contributed by atoms with Gasteiger partial charge in [-0.05, 0) is 19.3 Å². The summed E-state index contributed by atoms with van der Waals surface area (Å²) in [6, 6.07) is 0.145. The Hall–Kier alpha value is -0.170. The third-order valence-corrected chi connectivity index (χ3v) is 5.92. The van der Waals surface area contributed by atoms with Gasteiger partial charge in [0.05, 0.1) is 6.10 Å². The Kier molecular flexibility index (Phi) is 4.07. The van der Waals surface area contributed by atoms with E-state index in [1.807, 2.05) is 0 Å². The number of aliphatic hydroxyl groups is 1. The lowest BCUT2D eigenvalue weighted by Gasteiger charge is -2.33. The van der Waals surface area contributed by atoms with E-state index >= 15 is 0 Å². The van der Waals surface area contributed by atoms with Gasteiger partial charge in [0.15, 0.2) is 0 Å². The fourth-order valence-corrected chi connectivity index (χ4v) is 4.38. The molecule has 0 amide bonds. The zero-order valence-electron chi connectivity index (χ0n) is 10.4. The summed E-state index contributed by atoms with van der Waals surface area (Å²) in [5, 5.41) is 9.43. The molecule has 1 atom stereocenters. The summed E-state index contributed by atoms with van der Waals surface area (Å²) in [5.41, 5.74) is 0. The zero-order valence-corrected chi connectivity index (χ0v) is 11.2. The van der Waals surface area contributed by atoms with Crippen LogP contribution in [0.15, 0.2) is 0 Å². The fraction of sp³-hybridized carbons (Fsp3) is 1.00. The minimum Gasteiger partial charge on any atom is -0.392 e. The van der Waals surface area contributed by atoms with Gasteiger partial charge in [-0.25, -0.2) is 0 Å². The maximum atomic E-state index is 12.3. The monoisotopic (exact) mass is 262 g/mol. The molecule has 1 aliphatic heterocycles. The molecule has 2 fully saturated rings. The number of nitrogens with zero attached hydrogens (tertiary/aromatic N) is 2. The first-order valence-electron chi connectivity index (χ1n) is 6.43. The van der Waals surface area contributed by atoms with E-state index in [0.29, 0.717) is 13.0 Å². The maximum absolute atomic E-state index is 12.3. The van der Waals surface area contributed by atoms with Crippen molar-refractivity contribution < 1.29 is 13.5 Å². The minimum absolute atomic E-state index is 0.145. The van der Waals surface area contributed by atoms with Gasteiger partial charge < -0.3 is 5.11 Å². The van der Waals surface area contributed by atoms with E-state index in [1.165, 1.54) is 15.0 Å². The van der Waals surface area contributed by atoms with Crippen LogP contribution in [0.1, 0.15) is 38.5 Å². The van der Waals surface area contributed by atoms with Crippen LogP contribution in [0.25, 0.3) is 0 Å². The molecule has 1 N–H and O–H groups in total. The summed E-state index contributed by atoms with van der Waals surface area (Å²) >= 11 is 0. The van der Waals surface area contributed by atoms with Crippen LogP contribution >= 0.6 is 0 Å². The van der Waals surface area contributed by atoms with Crippen molar-refractivity contribution in [3.63, 3.8) is 0 Å². The van der Waals surface area contributed by atoms with Crippen molar-refractivity contribution in [2.45, 2.75) is 50.7 Å². The van der Waals surface area contributed by atoms with E-state index in [2.05, 4.69) is 0 Å². The van der Waals surface area contributed by atoms with Gasteiger partial charge in [-0.15, -0.1) is 0 Å². The summed E-state index contributed by atoms with van der Waals surface area (Å²) < 4.78 is 27.6. The third-order valence-electron chi connectivity index (χ3n) is 3.91. The van der Waals surface area contributed by atoms with Crippen molar-refractivity contribution in [3.05, 3.63) is 0 Å². The van der Waals surface area contributed by atoms with Crippen LogP contribution in [0.3, 0.4) is 0 Å². The highest BCUT2D eigenvalue weighted by atomic mass is 32.2. The Morgan fingerprint density at radius 3 is 2.35 bits per heavy atom. The van der Waals surface area contributed by atoms with Crippen molar-refractivity contribution in [3.8, 4) is 0 Å². The molecule has 2 aliphatic rings. The lowest BCUT2D eigenvalue weighted by atomic mass is 9.96. The SMILES string of the molecule is CN(C1CCCCC1)S(=O)(=O)N1CC[C@H](O)C1. The molecular weight excluding hydrogens is 240 g/mol. The van der Waals surface area contributed by atoms with Gasteiger partial charge in [-0.3, -0.25) is 0 Å². The Morgan fingerprint density at radius 2 is 1.82 bits per heavy atom. The second kappa shape index (κ2) is 5.22. The summed E-state index contributed by atoms with van der Waals surface area (Å²) in [4.78, 5) is 0. The number of rotatable bonds is 3. The highest BCUT2D eigenvalue weighted by Gasteiger charge is 2.36. The third kappa shape index (κ3) is 2.81. The van der Waals surface area contributed by atoms with Gasteiger partial charge in [0, 0.05) is 26.2 Å². The lowest BCUT2D eigenvalue weighted by molar-refractivity contribution is 0.187. The minimum atomic E-state index is -3.36. The summed E-state index contributed by atoms with van der Waals surface area (Å²) in [6.45, 7) is 0.694. The molecule has 1 aliphatic carbocycles. The van der Waals surface area contributed by atoms with E-state index in [9.17, 15) is 13.5 Å². The topological polar surface area (TPSA) is 60.9 Å². The zero-order chi connectivity index (χ0) is 12.5. The van der Waals surface area contributed by atoms with Crippen LogP contribution in [0, 0.1) is 0 Å². The van der Waals surface area contributed by atoms with Crippen LogP contribution in [-0.2, 0) is 10.2 Å². The predicted octanol–water partition coefficient (Wildman–Crippen LogP) is 0.562. The molecule has 1 saturated heterocycles. The Morgan fingerprint density at radius 1 is 1.18 bits per heavy atom. The average molecular weight is 262 g/mol. The Balaban J connectivity index is 2.03. The standard InChI is InChI=1S/C11H22N2O3S/c1-12(10-5-3-2-4-6-10)17(15,16)13-8-7-11(14)9-13/h10-11,14H,2-9H2,1H3/t11-/m0/s1. The average Bonchev–Trinajstić information content (AvgIpc) is 2.77. The van der Waals surface area contributed by atoms with Crippen LogP contribution in [0.4, 0.5) is 0 Å². The molecular formula is C11H22N2O3S. The molecule has 6 heteroatoms. The van der Waals surface area contributed by atoms with E-state index in [1.54, 1.807) is 7.05 Å². The van der Waals surface area contributed by atoms with Crippen molar-refractivity contribution in [2.24, 2.45) is 0 Å². The molecule has 1 heterocycles. The predicted molar refractivity (Wildman–Crippen MR) is 65.8 cm³/mol. The molecule has 100 valence electrons. The van der Waals surface area contributed by atoms with E-state index in [0.717, 1.165) is 25.7 Å². The van der Waals surface area contributed by atoms with Crippen molar-refractivity contribution in [1.29, 1.82) is 0 Å². The molecule has 2 rings (SSSR count). The van der Waals surface area contributed by atoms with E-state index in [4.69, 9.17) is 0 Å². The van der Waals surface area contributed by atoms with Crippen molar-refractivity contribution in [1.82, 2.24) is 8.61 Å². The highest BCUT2D eigenvalue weighted by molar-refractivity contribution is 7.86. The van der Waals surface area contributed by atoms with Crippen LogP contribution in [0.2, 0.25) is 0 Å². The first-order valence-corrected chi connectivity index (χ1v) is 7.82. The van der Waals surface area contributed by atoms with Gasteiger partial charge in [-0.1, -0.05) is 19.3 Å². The van der Waals surface area contributed by atoms with Crippen LogP contribution in [-0.4, -0.2) is 54.4 Å². The molecule has 0 aromatic carbocycles. The number of hydrogen-bond donors (Lipinski definition) is 1. The Bertz CT molecular complexity index is 352. The van der Waals surface area contributed by atoms with Gasteiger partial charge in [-0.2, -0.15) is 17.0 Å². The van der Waals surface area contributed by atoms with E-state index in [-0.39, 0.29) is 12.6 Å². The molecule has 0 unspecified atom stereocenters. The molecule has 0 radical (unpaired) electrons. The fourth-order valence-electron chi connectivity index (χ4n) is 2.74. The summed E-state index contributed by atoms with van der Waals surface area (Å²) in [7, 11) is -1.69. The van der Waals surface area contributed by atoms with Gasteiger partial charge in [0.2, 0.25) is 0 Å². The number of β-amino-alcohol motifs (C(OH)–C–C–N with tert-alkyl or cyclic N) is 1. The first kappa shape index (κ1) is 13.3. The van der Waals surface area contributed by atoms with Crippen LogP contribution < -0.4 is 0 Å². The Labute approximate surface area is 104 Å². The normalized spacial score (nSPS) is 29.0. The molecule has 0 bridgehead atoms. The molecule has 0 aromatic heterocycles. The van der Waals surface area contributed by atoms with Gasteiger partial charge in [0.1, 0.15) is 0 Å².